The average Bonchev–Trinajstić information content (AvgIpc) is 2.75. The van der Waals surface area contributed by atoms with E-state index < -0.39 is 0 Å². The van der Waals surface area contributed by atoms with Gasteiger partial charge in [-0.1, -0.05) is 28.1 Å². The summed E-state index contributed by atoms with van der Waals surface area (Å²) in [7, 11) is 0. The molecule has 0 aliphatic carbocycles. The van der Waals surface area contributed by atoms with E-state index in [2.05, 4.69) is 38.5 Å². The average molecular weight is 296 g/mol. The summed E-state index contributed by atoms with van der Waals surface area (Å²) in [5.41, 5.74) is 2.16. The molecule has 0 saturated heterocycles. The Labute approximate surface area is 108 Å². The van der Waals surface area contributed by atoms with Gasteiger partial charge in [0.2, 0.25) is 0 Å². The van der Waals surface area contributed by atoms with E-state index in [1.165, 1.54) is 5.56 Å². The quantitative estimate of drug-likeness (QED) is 0.889. The Balaban J connectivity index is 1.93. The first kappa shape index (κ1) is 12.1. The van der Waals surface area contributed by atoms with E-state index in [1.54, 1.807) is 10.9 Å². The Morgan fingerprint density at radius 3 is 3.06 bits per heavy atom. The van der Waals surface area contributed by atoms with Crippen LogP contribution in [0.2, 0.25) is 0 Å². The molecule has 0 atom stereocenters. The Morgan fingerprint density at radius 1 is 1.41 bits per heavy atom. The molecule has 1 heterocycles. The van der Waals surface area contributed by atoms with Crippen molar-refractivity contribution >= 4 is 21.6 Å². The number of benzene rings is 1. The van der Waals surface area contributed by atoms with Crippen LogP contribution in [-0.4, -0.2) is 21.5 Å². The van der Waals surface area contributed by atoms with Crippen LogP contribution in [0.3, 0.4) is 0 Å². The van der Waals surface area contributed by atoms with E-state index in [9.17, 15) is 0 Å². The van der Waals surface area contributed by atoms with Gasteiger partial charge in [-0.05, 0) is 17.7 Å². The van der Waals surface area contributed by atoms with Crippen LogP contribution in [0.15, 0.2) is 41.1 Å². The van der Waals surface area contributed by atoms with Crippen LogP contribution in [-0.2, 0) is 13.1 Å². The molecule has 4 nitrogen and oxygen atoms in total. The van der Waals surface area contributed by atoms with Gasteiger partial charge in [-0.15, -0.1) is 0 Å². The number of aromatic nitrogens is 2. The normalized spacial score (nSPS) is 10.5. The summed E-state index contributed by atoms with van der Waals surface area (Å²) in [4.78, 5) is 0. The molecular weight excluding hydrogens is 282 g/mol. The van der Waals surface area contributed by atoms with Crippen LogP contribution in [0, 0.1) is 0 Å². The molecule has 2 N–H and O–H groups in total. The van der Waals surface area contributed by atoms with Crippen molar-refractivity contribution in [3.8, 4) is 0 Å². The zero-order valence-electron chi connectivity index (χ0n) is 9.31. The molecule has 0 amide bonds. The van der Waals surface area contributed by atoms with Crippen molar-refractivity contribution in [2.45, 2.75) is 13.1 Å². The van der Waals surface area contributed by atoms with Crippen LogP contribution in [0.5, 0.6) is 0 Å². The van der Waals surface area contributed by atoms with Gasteiger partial charge in [-0.25, -0.2) is 0 Å². The molecule has 17 heavy (non-hydrogen) atoms. The number of aliphatic hydroxyl groups excluding tert-OH is 1. The Bertz CT molecular complexity index is 484. The van der Waals surface area contributed by atoms with Crippen molar-refractivity contribution in [2.24, 2.45) is 0 Å². The smallest absolute Gasteiger partial charge is 0.0729 e. The van der Waals surface area contributed by atoms with Crippen molar-refractivity contribution in [3.63, 3.8) is 0 Å². The van der Waals surface area contributed by atoms with Gasteiger partial charge in [0.1, 0.15) is 0 Å². The minimum atomic E-state index is 0.104. The van der Waals surface area contributed by atoms with Gasteiger partial charge in [0.05, 0.1) is 25.0 Å². The number of halogens is 1. The highest BCUT2D eigenvalue weighted by molar-refractivity contribution is 9.10. The largest absolute Gasteiger partial charge is 0.394 e. The lowest BCUT2D eigenvalue weighted by Gasteiger charge is -2.03. The van der Waals surface area contributed by atoms with Crippen molar-refractivity contribution in [3.05, 3.63) is 46.7 Å². The second-order valence-corrected chi connectivity index (χ2v) is 4.61. The fourth-order valence-electron chi connectivity index (χ4n) is 1.53. The monoisotopic (exact) mass is 295 g/mol. The van der Waals surface area contributed by atoms with Crippen LogP contribution in [0.4, 0.5) is 5.69 Å². The van der Waals surface area contributed by atoms with Gasteiger partial charge in [0, 0.05) is 17.2 Å². The second kappa shape index (κ2) is 5.84. The number of nitrogens with one attached hydrogen (secondary N) is 1. The van der Waals surface area contributed by atoms with E-state index in [4.69, 9.17) is 5.11 Å². The fraction of sp³-hybridized carbons (Fsp3) is 0.250. The third-order valence-electron chi connectivity index (χ3n) is 2.35. The number of aliphatic hydroxyl groups is 1. The first-order valence-electron chi connectivity index (χ1n) is 5.39. The van der Waals surface area contributed by atoms with Crippen LogP contribution < -0.4 is 5.32 Å². The molecule has 1 aromatic heterocycles. The summed E-state index contributed by atoms with van der Waals surface area (Å²) in [6, 6.07) is 8.15. The predicted octanol–water partition coefficient (Wildman–Crippen LogP) is 2.25. The molecule has 0 fully saturated rings. The maximum atomic E-state index is 8.78. The molecule has 5 heteroatoms. The van der Waals surface area contributed by atoms with Crippen molar-refractivity contribution in [2.75, 3.05) is 11.9 Å². The molecule has 90 valence electrons. The van der Waals surface area contributed by atoms with E-state index in [0.29, 0.717) is 6.54 Å². The fourth-order valence-corrected chi connectivity index (χ4v) is 1.98. The lowest BCUT2D eigenvalue weighted by atomic mass is 10.2. The third-order valence-corrected chi connectivity index (χ3v) is 2.84. The number of anilines is 1. The predicted molar refractivity (Wildman–Crippen MR) is 70.8 cm³/mol. The maximum Gasteiger partial charge on any atom is 0.0729 e. The Morgan fingerprint density at radius 2 is 2.29 bits per heavy atom. The number of hydrogen-bond acceptors (Lipinski definition) is 3. The van der Waals surface area contributed by atoms with Gasteiger partial charge in [0.25, 0.3) is 0 Å². The molecule has 0 aliphatic rings. The molecule has 0 saturated carbocycles. The van der Waals surface area contributed by atoms with Gasteiger partial charge in [0.15, 0.2) is 0 Å². The molecule has 0 bridgehead atoms. The van der Waals surface area contributed by atoms with Gasteiger partial charge >= 0.3 is 0 Å². The summed E-state index contributed by atoms with van der Waals surface area (Å²) in [6.07, 6.45) is 3.64. The molecule has 1 aromatic carbocycles. The molecule has 2 aromatic rings. The highest BCUT2D eigenvalue weighted by atomic mass is 79.9. The first-order valence-corrected chi connectivity index (χ1v) is 6.19. The lowest BCUT2D eigenvalue weighted by Crippen LogP contribution is -2.02. The Hall–Kier alpha value is -1.33. The zero-order valence-corrected chi connectivity index (χ0v) is 10.9. The van der Waals surface area contributed by atoms with E-state index in [1.807, 2.05) is 18.3 Å². The van der Waals surface area contributed by atoms with Crippen molar-refractivity contribution in [1.29, 1.82) is 0 Å². The summed E-state index contributed by atoms with van der Waals surface area (Å²) < 4.78 is 2.79. The van der Waals surface area contributed by atoms with Crippen molar-refractivity contribution < 1.29 is 5.11 Å². The van der Waals surface area contributed by atoms with Gasteiger partial charge < -0.3 is 10.4 Å². The lowest BCUT2D eigenvalue weighted by molar-refractivity contribution is 0.269. The van der Waals surface area contributed by atoms with Crippen molar-refractivity contribution in [1.82, 2.24) is 9.78 Å². The van der Waals surface area contributed by atoms with Crippen LogP contribution >= 0.6 is 15.9 Å². The second-order valence-electron chi connectivity index (χ2n) is 3.70. The highest BCUT2D eigenvalue weighted by Crippen LogP contribution is 2.13. The molecule has 0 radical (unpaired) electrons. The van der Waals surface area contributed by atoms with E-state index >= 15 is 0 Å². The Kier molecular flexibility index (Phi) is 4.17. The molecular formula is C12H14BrN3O. The standard InChI is InChI=1S/C12H14BrN3O/c13-11-3-1-2-10(6-11)7-14-12-8-15-16(9-12)4-5-17/h1-3,6,8-9,14,17H,4-5,7H2. The zero-order chi connectivity index (χ0) is 12.1. The van der Waals surface area contributed by atoms with E-state index in [0.717, 1.165) is 16.7 Å². The third kappa shape index (κ3) is 3.57. The van der Waals surface area contributed by atoms with E-state index in [-0.39, 0.29) is 6.61 Å². The summed E-state index contributed by atoms with van der Waals surface area (Å²) in [6.45, 7) is 1.38. The molecule has 0 spiro atoms. The summed E-state index contributed by atoms with van der Waals surface area (Å²) >= 11 is 3.44. The summed E-state index contributed by atoms with van der Waals surface area (Å²) in [5, 5.41) is 16.2. The highest BCUT2D eigenvalue weighted by Gasteiger charge is 1.98. The van der Waals surface area contributed by atoms with Gasteiger partial charge in [-0.2, -0.15) is 5.10 Å². The molecule has 2 rings (SSSR count). The molecule has 0 unspecified atom stereocenters. The summed E-state index contributed by atoms with van der Waals surface area (Å²) in [5.74, 6) is 0. The SMILES string of the molecule is OCCn1cc(NCc2cccc(Br)c2)cn1. The minimum Gasteiger partial charge on any atom is -0.394 e. The first-order chi connectivity index (χ1) is 8.28. The maximum absolute atomic E-state index is 8.78. The van der Waals surface area contributed by atoms with Crippen LogP contribution in [0.1, 0.15) is 5.56 Å². The van der Waals surface area contributed by atoms with Gasteiger partial charge in [-0.3, -0.25) is 4.68 Å². The topological polar surface area (TPSA) is 50.1 Å². The van der Waals surface area contributed by atoms with Crippen LogP contribution in [0.25, 0.3) is 0 Å². The molecule has 0 aliphatic heterocycles. The number of hydrogen-bond donors (Lipinski definition) is 2. The number of rotatable bonds is 5. The minimum absolute atomic E-state index is 0.104. The number of nitrogens with zero attached hydrogens (tertiary/aromatic N) is 2.